The van der Waals surface area contributed by atoms with Gasteiger partial charge in [0.2, 0.25) is 11.8 Å². The van der Waals surface area contributed by atoms with E-state index in [9.17, 15) is 9.59 Å². The molecule has 150 valence electrons. The monoisotopic (exact) mass is 385 g/mol. The van der Waals surface area contributed by atoms with Crippen LogP contribution in [-0.4, -0.2) is 48.9 Å². The predicted molar refractivity (Wildman–Crippen MR) is 106 cm³/mol. The van der Waals surface area contributed by atoms with Gasteiger partial charge in [-0.3, -0.25) is 9.59 Å². The van der Waals surface area contributed by atoms with Crippen molar-refractivity contribution in [2.45, 2.75) is 76.7 Å². The number of carbonyl (C=O) groups is 2. The minimum absolute atomic E-state index is 0. The van der Waals surface area contributed by atoms with Gasteiger partial charge in [-0.25, -0.2) is 0 Å². The van der Waals surface area contributed by atoms with E-state index < -0.39 is 0 Å². The van der Waals surface area contributed by atoms with Crippen molar-refractivity contribution in [1.82, 2.24) is 15.5 Å². The van der Waals surface area contributed by atoms with Gasteiger partial charge < -0.3 is 15.5 Å². The fraction of sp³-hybridized carbons (Fsp3) is 0.900. The van der Waals surface area contributed by atoms with Crippen LogP contribution in [0.25, 0.3) is 0 Å². The van der Waals surface area contributed by atoms with Crippen LogP contribution >= 0.6 is 12.4 Å². The number of carbonyl (C=O) groups excluding carboxylic acids is 2. The molecule has 0 aromatic carbocycles. The van der Waals surface area contributed by atoms with Gasteiger partial charge in [-0.1, -0.05) is 12.8 Å². The molecular weight excluding hydrogens is 350 g/mol. The lowest BCUT2D eigenvalue weighted by Gasteiger charge is -2.33. The summed E-state index contributed by atoms with van der Waals surface area (Å²) in [7, 11) is 0. The van der Waals surface area contributed by atoms with Gasteiger partial charge in [0.15, 0.2) is 0 Å². The lowest BCUT2D eigenvalue weighted by molar-refractivity contribution is -0.132. The Hall–Kier alpha value is -0.810. The molecule has 5 nitrogen and oxygen atoms in total. The molecule has 2 N–H and O–H groups in total. The van der Waals surface area contributed by atoms with E-state index in [-0.39, 0.29) is 24.4 Å². The van der Waals surface area contributed by atoms with E-state index in [1.165, 1.54) is 38.5 Å². The Morgan fingerprint density at radius 3 is 2.23 bits per heavy atom. The molecule has 0 unspecified atom stereocenters. The minimum atomic E-state index is 0. The molecule has 0 spiro atoms. The zero-order valence-corrected chi connectivity index (χ0v) is 16.8. The first-order valence-corrected chi connectivity index (χ1v) is 10.5. The van der Waals surface area contributed by atoms with Crippen LogP contribution in [0.5, 0.6) is 0 Å². The molecule has 2 heterocycles. The second kappa shape index (κ2) is 11.1. The van der Waals surface area contributed by atoms with Gasteiger partial charge in [-0.15, -0.1) is 12.4 Å². The van der Waals surface area contributed by atoms with Gasteiger partial charge in [0, 0.05) is 32.0 Å². The number of nitrogens with one attached hydrogen (secondary N) is 2. The first kappa shape index (κ1) is 21.5. The molecule has 1 saturated carbocycles. The van der Waals surface area contributed by atoms with Gasteiger partial charge in [0.05, 0.1) is 0 Å². The second-order valence-corrected chi connectivity index (χ2v) is 8.31. The van der Waals surface area contributed by atoms with Crippen LogP contribution in [0.1, 0.15) is 70.6 Å². The molecule has 2 saturated heterocycles. The average molecular weight is 386 g/mol. The summed E-state index contributed by atoms with van der Waals surface area (Å²) in [5.74, 6) is 1.87. The van der Waals surface area contributed by atoms with Crippen molar-refractivity contribution in [2.24, 2.45) is 11.8 Å². The van der Waals surface area contributed by atoms with Crippen LogP contribution in [0.3, 0.4) is 0 Å². The second-order valence-electron chi connectivity index (χ2n) is 8.31. The van der Waals surface area contributed by atoms with E-state index in [1.54, 1.807) is 0 Å². The molecule has 0 atom stereocenters. The number of nitrogens with zero attached hydrogens (tertiary/aromatic N) is 1. The zero-order valence-electron chi connectivity index (χ0n) is 16.0. The van der Waals surface area contributed by atoms with Crippen LogP contribution in [0.2, 0.25) is 0 Å². The Morgan fingerprint density at radius 2 is 1.58 bits per heavy atom. The van der Waals surface area contributed by atoms with E-state index in [0.717, 1.165) is 51.4 Å². The molecule has 2 aliphatic heterocycles. The average Bonchev–Trinajstić information content (AvgIpc) is 3.14. The summed E-state index contributed by atoms with van der Waals surface area (Å²) >= 11 is 0. The minimum Gasteiger partial charge on any atom is -0.353 e. The van der Waals surface area contributed by atoms with Gasteiger partial charge in [0.25, 0.3) is 0 Å². The number of halogens is 1. The van der Waals surface area contributed by atoms with E-state index in [0.29, 0.717) is 24.7 Å². The largest absolute Gasteiger partial charge is 0.353 e. The Bertz CT molecular complexity index is 440. The highest BCUT2D eigenvalue weighted by atomic mass is 35.5. The third-order valence-electron chi connectivity index (χ3n) is 6.39. The molecule has 3 aliphatic rings. The van der Waals surface area contributed by atoms with Crippen molar-refractivity contribution < 1.29 is 9.59 Å². The van der Waals surface area contributed by atoms with E-state index >= 15 is 0 Å². The summed E-state index contributed by atoms with van der Waals surface area (Å²) in [5.41, 5.74) is 0. The van der Waals surface area contributed by atoms with Crippen LogP contribution in [0.15, 0.2) is 0 Å². The van der Waals surface area contributed by atoms with E-state index in [1.807, 2.05) is 4.90 Å². The van der Waals surface area contributed by atoms with Crippen LogP contribution in [0, 0.1) is 11.8 Å². The number of hydrogen-bond acceptors (Lipinski definition) is 3. The Balaban J connectivity index is 0.00000243. The van der Waals surface area contributed by atoms with Gasteiger partial charge in [-0.05, 0) is 69.9 Å². The summed E-state index contributed by atoms with van der Waals surface area (Å²) < 4.78 is 0. The zero-order chi connectivity index (χ0) is 17.5. The van der Waals surface area contributed by atoms with Crippen molar-refractivity contribution >= 4 is 24.2 Å². The van der Waals surface area contributed by atoms with Crippen molar-refractivity contribution in [3.8, 4) is 0 Å². The van der Waals surface area contributed by atoms with Crippen molar-refractivity contribution in [3.63, 3.8) is 0 Å². The quantitative estimate of drug-likeness (QED) is 0.739. The third kappa shape index (κ3) is 6.73. The fourth-order valence-corrected chi connectivity index (χ4v) is 4.69. The maximum absolute atomic E-state index is 12.4. The normalized spacial score (nSPS) is 22.8. The molecular formula is C20H36ClN3O2. The summed E-state index contributed by atoms with van der Waals surface area (Å²) in [4.78, 5) is 26.6. The fourth-order valence-electron chi connectivity index (χ4n) is 4.69. The smallest absolute Gasteiger partial charge is 0.222 e. The molecule has 2 amide bonds. The van der Waals surface area contributed by atoms with E-state index in [4.69, 9.17) is 0 Å². The first-order valence-electron chi connectivity index (χ1n) is 10.5. The summed E-state index contributed by atoms with van der Waals surface area (Å²) in [6, 6.07) is 0.266. The number of piperidine rings is 2. The summed E-state index contributed by atoms with van der Waals surface area (Å²) in [5, 5.41) is 6.58. The van der Waals surface area contributed by atoms with Gasteiger partial charge in [0.1, 0.15) is 0 Å². The van der Waals surface area contributed by atoms with Gasteiger partial charge >= 0.3 is 0 Å². The van der Waals surface area contributed by atoms with Crippen molar-refractivity contribution in [2.75, 3.05) is 26.2 Å². The molecule has 0 radical (unpaired) electrons. The maximum Gasteiger partial charge on any atom is 0.222 e. The van der Waals surface area contributed by atoms with Gasteiger partial charge in [-0.2, -0.15) is 0 Å². The molecule has 0 bridgehead atoms. The van der Waals surface area contributed by atoms with Crippen LogP contribution in [-0.2, 0) is 9.59 Å². The number of hydrogen-bond donors (Lipinski definition) is 2. The molecule has 26 heavy (non-hydrogen) atoms. The van der Waals surface area contributed by atoms with Crippen molar-refractivity contribution in [3.05, 3.63) is 0 Å². The maximum atomic E-state index is 12.4. The molecule has 6 heteroatoms. The Labute approximate surface area is 164 Å². The summed E-state index contributed by atoms with van der Waals surface area (Å²) in [6.45, 7) is 3.81. The highest BCUT2D eigenvalue weighted by molar-refractivity contribution is 5.85. The number of amides is 2. The molecule has 1 aliphatic carbocycles. The highest BCUT2D eigenvalue weighted by Crippen LogP contribution is 2.27. The standard InChI is InChI=1S/C20H35N3O2.ClH/c24-19(15-17-3-1-2-4-17)22-18-9-13-23(14-10-18)20(25)6-5-16-7-11-21-12-8-16;/h16-18,21H,1-15H2,(H,22,24);1H. The lowest BCUT2D eigenvalue weighted by atomic mass is 9.92. The van der Waals surface area contributed by atoms with Crippen LogP contribution < -0.4 is 10.6 Å². The topological polar surface area (TPSA) is 61.4 Å². The molecule has 3 rings (SSSR count). The first-order chi connectivity index (χ1) is 12.2. The third-order valence-corrected chi connectivity index (χ3v) is 6.39. The van der Waals surface area contributed by atoms with Crippen molar-refractivity contribution in [1.29, 1.82) is 0 Å². The SMILES string of the molecule is Cl.O=C(CC1CCCC1)NC1CCN(C(=O)CCC2CCNCC2)CC1. The molecule has 0 aromatic rings. The predicted octanol–water partition coefficient (Wildman–Crippen LogP) is 2.88. The lowest BCUT2D eigenvalue weighted by Crippen LogP contribution is -2.46. The molecule has 0 aromatic heterocycles. The van der Waals surface area contributed by atoms with Crippen LogP contribution in [0.4, 0.5) is 0 Å². The summed E-state index contributed by atoms with van der Waals surface area (Å²) in [6.07, 6.45) is 11.7. The Kier molecular flexibility index (Phi) is 9.20. The highest BCUT2D eigenvalue weighted by Gasteiger charge is 2.26. The Morgan fingerprint density at radius 1 is 0.923 bits per heavy atom. The number of likely N-dealkylation sites (tertiary alicyclic amines) is 1. The molecule has 3 fully saturated rings. The van der Waals surface area contributed by atoms with E-state index in [2.05, 4.69) is 10.6 Å². The number of rotatable bonds is 6.